The van der Waals surface area contributed by atoms with E-state index in [2.05, 4.69) is 19.2 Å². The number of nitrogens with one attached hydrogen (secondary N) is 1. The van der Waals surface area contributed by atoms with Crippen LogP contribution in [0.25, 0.3) is 0 Å². The van der Waals surface area contributed by atoms with E-state index in [1.54, 1.807) is 12.1 Å². The average Bonchev–Trinajstić information content (AvgIpc) is 2.32. The molecule has 4 nitrogen and oxygen atoms in total. The lowest BCUT2D eigenvalue weighted by Gasteiger charge is -2.33. The molecule has 108 valence electrons. The number of rotatable bonds is 3. The van der Waals surface area contributed by atoms with Crippen molar-refractivity contribution < 1.29 is 15.3 Å². The second-order valence-electron chi connectivity index (χ2n) is 5.20. The monoisotopic (exact) mass is 287 g/mol. The molecule has 5 heteroatoms. The molecule has 2 unspecified atom stereocenters. The number of aliphatic hydroxyl groups excluding tert-OH is 2. The van der Waals surface area contributed by atoms with Crippen molar-refractivity contribution in [2.45, 2.75) is 51.5 Å². The Balaban J connectivity index is 0.00000180. The zero-order chi connectivity index (χ0) is 13.3. The van der Waals surface area contributed by atoms with Crippen LogP contribution in [0.1, 0.15) is 43.1 Å². The van der Waals surface area contributed by atoms with Gasteiger partial charge in [0.15, 0.2) is 0 Å². The lowest BCUT2D eigenvalue weighted by atomic mass is 9.83. The van der Waals surface area contributed by atoms with E-state index in [0.29, 0.717) is 11.6 Å². The summed E-state index contributed by atoms with van der Waals surface area (Å²) in [5.41, 5.74) is 2.27. The Kier molecular flexibility index (Phi) is 5.62. The van der Waals surface area contributed by atoms with Crippen LogP contribution in [0.5, 0.6) is 5.75 Å². The van der Waals surface area contributed by atoms with Crippen LogP contribution in [0.3, 0.4) is 0 Å². The Morgan fingerprint density at radius 2 is 2.05 bits per heavy atom. The number of aliphatic hydroxyl groups is 2. The zero-order valence-corrected chi connectivity index (χ0v) is 12.1. The first-order valence-corrected chi connectivity index (χ1v) is 6.43. The predicted molar refractivity (Wildman–Crippen MR) is 76.6 cm³/mol. The molecule has 0 saturated carbocycles. The van der Waals surface area contributed by atoms with Gasteiger partial charge in [0.2, 0.25) is 0 Å². The van der Waals surface area contributed by atoms with Crippen molar-refractivity contribution in [2.75, 3.05) is 0 Å². The molecular weight excluding hydrogens is 266 g/mol. The fourth-order valence-corrected chi connectivity index (χ4v) is 2.72. The number of hydrogen-bond acceptors (Lipinski definition) is 4. The van der Waals surface area contributed by atoms with E-state index in [1.165, 1.54) is 0 Å². The summed E-state index contributed by atoms with van der Waals surface area (Å²) >= 11 is 0. The third-order valence-corrected chi connectivity index (χ3v) is 3.55. The minimum absolute atomic E-state index is 0. The van der Waals surface area contributed by atoms with Crippen LogP contribution in [0.4, 0.5) is 0 Å². The largest absolute Gasteiger partial charge is 0.508 e. The van der Waals surface area contributed by atoms with Gasteiger partial charge in [0, 0.05) is 17.6 Å². The molecule has 19 heavy (non-hydrogen) atoms. The van der Waals surface area contributed by atoms with Gasteiger partial charge in [-0.05, 0) is 30.0 Å². The van der Waals surface area contributed by atoms with Crippen LogP contribution in [0.15, 0.2) is 12.1 Å². The van der Waals surface area contributed by atoms with Gasteiger partial charge in [0.05, 0.1) is 12.7 Å². The van der Waals surface area contributed by atoms with Crippen molar-refractivity contribution in [3.63, 3.8) is 0 Å². The number of benzene rings is 1. The van der Waals surface area contributed by atoms with Crippen molar-refractivity contribution in [3.05, 3.63) is 28.8 Å². The maximum absolute atomic E-state index is 10.4. The van der Waals surface area contributed by atoms with Crippen LogP contribution < -0.4 is 5.32 Å². The maximum atomic E-state index is 10.4. The van der Waals surface area contributed by atoms with E-state index in [4.69, 9.17) is 0 Å². The molecule has 0 aromatic heterocycles. The first-order valence-electron chi connectivity index (χ1n) is 6.43. The van der Waals surface area contributed by atoms with Crippen molar-refractivity contribution in [1.29, 1.82) is 0 Å². The Morgan fingerprint density at radius 1 is 1.37 bits per heavy atom. The van der Waals surface area contributed by atoms with Crippen molar-refractivity contribution in [2.24, 2.45) is 0 Å². The Labute approximate surface area is 119 Å². The molecule has 1 aliphatic rings. The molecule has 0 bridgehead atoms. The fraction of sp³-hybridized carbons (Fsp3) is 0.571. The van der Waals surface area contributed by atoms with Crippen LogP contribution in [0, 0.1) is 0 Å². The lowest BCUT2D eigenvalue weighted by molar-refractivity contribution is 0.110. The highest BCUT2D eigenvalue weighted by Gasteiger charge is 2.30. The van der Waals surface area contributed by atoms with Gasteiger partial charge < -0.3 is 20.6 Å². The fourth-order valence-electron chi connectivity index (χ4n) is 2.72. The number of fused-ring (bicyclic) bond motifs is 1. The summed E-state index contributed by atoms with van der Waals surface area (Å²) in [4.78, 5) is 0. The molecule has 0 radical (unpaired) electrons. The Morgan fingerprint density at radius 3 is 2.63 bits per heavy atom. The number of hydrogen-bond donors (Lipinski definition) is 4. The quantitative estimate of drug-likeness (QED) is 0.682. The summed E-state index contributed by atoms with van der Waals surface area (Å²) in [6.07, 6.45) is 0.992. The molecule has 1 aromatic rings. The minimum atomic E-state index is -0.581. The molecule has 4 N–H and O–H groups in total. The topological polar surface area (TPSA) is 72.7 Å². The van der Waals surface area contributed by atoms with E-state index in [0.717, 1.165) is 24.0 Å². The SMILES string of the molecule is CC(C)NC1CCc2c(ccc(O)c2CO)C1O.Cl. The summed E-state index contributed by atoms with van der Waals surface area (Å²) in [7, 11) is 0. The smallest absolute Gasteiger partial charge is 0.121 e. The van der Waals surface area contributed by atoms with Gasteiger partial charge in [0.1, 0.15) is 5.75 Å². The summed E-state index contributed by atoms with van der Waals surface area (Å²) in [6, 6.07) is 3.66. The van der Waals surface area contributed by atoms with Gasteiger partial charge in [-0.3, -0.25) is 0 Å². The Hall–Kier alpha value is -0.810. The molecule has 1 aromatic carbocycles. The zero-order valence-electron chi connectivity index (χ0n) is 11.3. The van der Waals surface area contributed by atoms with Gasteiger partial charge in [-0.2, -0.15) is 0 Å². The van der Waals surface area contributed by atoms with E-state index >= 15 is 0 Å². The van der Waals surface area contributed by atoms with Crippen LogP contribution >= 0.6 is 12.4 Å². The van der Waals surface area contributed by atoms with Crippen LogP contribution in [0.2, 0.25) is 0 Å². The minimum Gasteiger partial charge on any atom is -0.508 e. The third-order valence-electron chi connectivity index (χ3n) is 3.55. The maximum Gasteiger partial charge on any atom is 0.121 e. The van der Waals surface area contributed by atoms with E-state index < -0.39 is 6.10 Å². The summed E-state index contributed by atoms with van der Waals surface area (Å²) in [5, 5.41) is 32.7. The molecule has 0 heterocycles. The molecule has 0 saturated heterocycles. The predicted octanol–water partition coefficient (Wildman–Crippen LogP) is 1.65. The highest BCUT2D eigenvalue weighted by atomic mass is 35.5. The molecule has 0 fully saturated rings. The van der Waals surface area contributed by atoms with E-state index in [1.807, 2.05) is 0 Å². The first kappa shape index (κ1) is 16.2. The first-order chi connectivity index (χ1) is 8.54. The van der Waals surface area contributed by atoms with Crippen LogP contribution in [-0.4, -0.2) is 27.4 Å². The van der Waals surface area contributed by atoms with Gasteiger partial charge >= 0.3 is 0 Å². The second-order valence-corrected chi connectivity index (χ2v) is 5.20. The van der Waals surface area contributed by atoms with Gasteiger partial charge in [0.25, 0.3) is 0 Å². The number of halogens is 1. The highest BCUT2D eigenvalue weighted by molar-refractivity contribution is 5.85. The van der Waals surface area contributed by atoms with Gasteiger partial charge in [-0.15, -0.1) is 12.4 Å². The average molecular weight is 288 g/mol. The lowest BCUT2D eigenvalue weighted by Crippen LogP contribution is -2.42. The number of aromatic hydroxyl groups is 1. The molecule has 0 aliphatic heterocycles. The van der Waals surface area contributed by atoms with Crippen LogP contribution in [-0.2, 0) is 13.0 Å². The second kappa shape index (κ2) is 6.57. The molecule has 2 atom stereocenters. The van der Waals surface area contributed by atoms with Crippen molar-refractivity contribution >= 4 is 12.4 Å². The molecular formula is C14H22ClNO3. The van der Waals surface area contributed by atoms with Crippen molar-refractivity contribution in [1.82, 2.24) is 5.32 Å². The Bertz CT molecular complexity index is 437. The van der Waals surface area contributed by atoms with Gasteiger partial charge in [-0.1, -0.05) is 19.9 Å². The number of phenols is 1. The van der Waals surface area contributed by atoms with E-state index in [9.17, 15) is 15.3 Å². The highest BCUT2D eigenvalue weighted by Crippen LogP contribution is 2.35. The third kappa shape index (κ3) is 3.20. The molecule has 1 aliphatic carbocycles. The molecule has 0 spiro atoms. The summed E-state index contributed by atoms with van der Waals surface area (Å²) < 4.78 is 0. The molecule has 2 rings (SSSR count). The standard InChI is InChI=1S/C14H21NO3.ClH/c1-8(2)15-12-5-3-9-10(14(12)18)4-6-13(17)11(9)7-16;/h4,6,8,12,14-18H,3,5,7H2,1-2H3;1H. The summed E-state index contributed by atoms with van der Waals surface area (Å²) in [5.74, 6) is 0.110. The molecule has 0 amide bonds. The normalized spacial score (nSPS) is 21.9. The van der Waals surface area contributed by atoms with Crippen molar-refractivity contribution in [3.8, 4) is 5.75 Å². The van der Waals surface area contributed by atoms with Gasteiger partial charge in [-0.25, -0.2) is 0 Å². The van der Waals surface area contributed by atoms with E-state index in [-0.39, 0.29) is 30.8 Å². The summed E-state index contributed by atoms with van der Waals surface area (Å²) in [6.45, 7) is 3.92.